The molecule has 1 aliphatic heterocycles. The molecule has 3 rings (SSSR count). The Morgan fingerprint density at radius 3 is 2.23 bits per heavy atom. The van der Waals surface area contributed by atoms with Gasteiger partial charge in [0.25, 0.3) is 5.91 Å². The number of nitrogens with zero attached hydrogens (tertiary/aromatic N) is 2. The molecule has 2 amide bonds. The Labute approximate surface area is 205 Å². The number of hydrogen-bond acceptors (Lipinski definition) is 5. The standard InChI is InChI=1S/C27H32N2O6/c1-3-15-28(16-14-19-10-12-21(13-11-19)20-8-6-5-7-9-20)26(31)23-17-22(29(34)25(30)4-2)18-24(35-23)27(32)33/h5-13,18,22-23,34H,3-4,14-17H2,1-2H3,(H,32,33)/t22-,23-/m1/s1. The summed E-state index contributed by atoms with van der Waals surface area (Å²) < 4.78 is 5.47. The first kappa shape index (κ1) is 26.0. The van der Waals surface area contributed by atoms with Gasteiger partial charge in [0.05, 0.1) is 6.04 Å². The van der Waals surface area contributed by atoms with E-state index in [2.05, 4.69) is 24.3 Å². The van der Waals surface area contributed by atoms with Crippen LogP contribution in [-0.4, -0.2) is 63.3 Å². The quantitative estimate of drug-likeness (QED) is 0.395. The van der Waals surface area contributed by atoms with E-state index in [4.69, 9.17) is 4.74 Å². The number of hydrogen-bond donors (Lipinski definition) is 2. The predicted molar refractivity (Wildman–Crippen MR) is 130 cm³/mol. The van der Waals surface area contributed by atoms with Crippen LogP contribution in [0.4, 0.5) is 0 Å². The Balaban J connectivity index is 1.69. The Hall–Kier alpha value is -3.65. The van der Waals surface area contributed by atoms with Gasteiger partial charge in [0, 0.05) is 25.9 Å². The maximum absolute atomic E-state index is 13.3. The Morgan fingerprint density at radius 1 is 0.971 bits per heavy atom. The van der Waals surface area contributed by atoms with Gasteiger partial charge in [-0.3, -0.25) is 14.8 Å². The van der Waals surface area contributed by atoms with Gasteiger partial charge < -0.3 is 14.7 Å². The first-order chi connectivity index (χ1) is 16.8. The highest BCUT2D eigenvalue weighted by atomic mass is 16.5. The number of ether oxygens (including phenoxy) is 1. The van der Waals surface area contributed by atoms with Crippen LogP contribution < -0.4 is 0 Å². The molecule has 2 aromatic carbocycles. The van der Waals surface area contributed by atoms with Crippen LogP contribution in [0.15, 0.2) is 66.4 Å². The zero-order valence-corrected chi connectivity index (χ0v) is 20.1. The predicted octanol–water partition coefficient (Wildman–Crippen LogP) is 3.89. The van der Waals surface area contributed by atoms with Crippen LogP contribution in [0.25, 0.3) is 11.1 Å². The van der Waals surface area contributed by atoms with Crippen molar-refractivity contribution in [3.05, 3.63) is 72.0 Å². The average molecular weight is 481 g/mol. The summed E-state index contributed by atoms with van der Waals surface area (Å²) in [6, 6.07) is 17.3. The number of carboxylic acid groups (broad SMARTS) is 1. The molecule has 0 saturated heterocycles. The third-order valence-corrected chi connectivity index (χ3v) is 5.96. The van der Waals surface area contributed by atoms with E-state index in [1.165, 1.54) is 0 Å². The molecule has 0 fully saturated rings. The van der Waals surface area contributed by atoms with Crippen molar-refractivity contribution in [2.75, 3.05) is 13.1 Å². The molecular weight excluding hydrogens is 448 g/mol. The van der Waals surface area contributed by atoms with Gasteiger partial charge in [-0.15, -0.1) is 0 Å². The molecule has 0 aromatic heterocycles. The molecule has 1 heterocycles. The summed E-state index contributed by atoms with van der Waals surface area (Å²) in [6.07, 6.45) is 1.42. The lowest BCUT2D eigenvalue weighted by molar-refractivity contribution is -0.178. The molecule has 186 valence electrons. The minimum Gasteiger partial charge on any atom is -0.475 e. The van der Waals surface area contributed by atoms with Gasteiger partial charge in [-0.1, -0.05) is 68.4 Å². The van der Waals surface area contributed by atoms with Gasteiger partial charge in [0.2, 0.25) is 11.7 Å². The van der Waals surface area contributed by atoms with Gasteiger partial charge in [0.15, 0.2) is 6.10 Å². The van der Waals surface area contributed by atoms with E-state index in [1.807, 2.05) is 37.3 Å². The summed E-state index contributed by atoms with van der Waals surface area (Å²) in [5.74, 6) is -2.73. The zero-order chi connectivity index (χ0) is 25.4. The minimum absolute atomic E-state index is 0.0240. The van der Waals surface area contributed by atoms with Crippen molar-refractivity contribution in [1.82, 2.24) is 9.96 Å². The molecule has 0 spiro atoms. The van der Waals surface area contributed by atoms with E-state index >= 15 is 0 Å². The molecule has 2 atom stereocenters. The highest BCUT2D eigenvalue weighted by Gasteiger charge is 2.37. The third kappa shape index (κ3) is 6.70. The van der Waals surface area contributed by atoms with E-state index < -0.39 is 29.8 Å². The largest absolute Gasteiger partial charge is 0.475 e. The van der Waals surface area contributed by atoms with Crippen LogP contribution in [-0.2, 0) is 25.5 Å². The molecule has 1 aliphatic rings. The number of hydroxylamine groups is 2. The number of carbonyl (C=O) groups is 3. The summed E-state index contributed by atoms with van der Waals surface area (Å²) in [7, 11) is 0. The molecule has 35 heavy (non-hydrogen) atoms. The Kier molecular flexibility index (Phi) is 9.03. The highest BCUT2D eigenvalue weighted by Crippen LogP contribution is 2.24. The molecule has 0 aliphatic carbocycles. The van der Waals surface area contributed by atoms with Crippen molar-refractivity contribution < 1.29 is 29.4 Å². The maximum Gasteiger partial charge on any atom is 0.370 e. The van der Waals surface area contributed by atoms with Crippen molar-refractivity contribution in [2.45, 2.75) is 51.7 Å². The number of benzene rings is 2. The first-order valence-electron chi connectivity index (χ1n) is 11.9. The Bertz CT molecular complexity index is 1050. The van der Waals surface area contributed by atoms with Gasteiger partial charge in [-0.25, -0.2) is 9.86 Å². The molecule has 2 N–H and O–H groups in total. The number of carbonyl (C=O) groups excluding carboxylic acids is 2. The van der Waals surface area contributed by atoms with Crippen LogP contribution in [0.5, 0.6) is 0 Å². The fourth-order valence-corrected chi connectivity index (χ4v) is 4.06. The second kappa shape index (κ2) is 12.2. The normalized spacial score (nSPS) is 17.2. The van der Waals surface area contributed by atoms with Gasteiger partial charge >= 0.3 is 5.97 Å². The summed E-state index contributed by atoms with van der Waals surface area (Å²) in [6.45, 7) is 4.46. The van der Waals surface area contributed by atoms with Crippen LogP contribution in [0.1, 0.15) is 38.7 Å². The summed E-state index contributed by atoms with van der Waals surface area (Å²) in [4.78, 5) is 38.5. The molecule has 0 bridgehead atoms. The van der Waals surface area contributed by atoms with Gasteiger partial charge in [0.1, 0.15) is 0 Å². The van der Waals surface area contributed by atoms with E-state index in [0.717, 1.165) is 29.2 Å². The molecular formula is C27H32N2O6. The monoisotopic (exact) mass is 480 g/mol. The molecule has 0 saturated carbocycles. The topological polar surface area (TPSA) is 107 Å². The smallest absolute Gasteiger partial charge is 0.370 e. The SMILES string of the molecule is CCCN(CCc1ccc(-c2ccccc2)cc1)C(=O)[C@H]1C[C@@H](N(O)C(=O)CC)C=C(C(=O)O)O1. The van der Waals surface area contributed by atoms with Crippen LogP contribution >= 0.6 is 0 Å². The first-order valence-corrected chi connectivity index (χ1v) is 11.9. The molecule has 8 heteroatoms. The lowest BCUT2D eigenvalue weighted by Gasteiger charge is -2.34. The van der Waals surface area contributed by atoms with Crippen LogP contribution in [0.3, 0.4) is 0 Å². The van der Waals surface area contributed by atoms with E-state index in [9.17, 15) is 24.7 Å². The molecule has 0 unspecified atom stereocenters. The fraction of sp³-hybridized carbons (Fsp3) is 0.370. The van der Waals surface area contributed by atoms with Crippen molar-refractivity contribution in [3.8, 4) is 11.1 Å². The van der Waals surface area contributed by atoms with Gasteiger partial charge in [-0.05, 0) is 35.6 Å². The summed E-state index contributed by atoms with van der Waals surface area (Å²) in [5, 5.41) is 20.1. The van der Waals surface area contributed by atoms with E-state index in [0.29, 0.717) is 24.6 Å². The van der Waals surface area contributed by atoms with E-state index in [-0.39, 0.29) is 18.7 Å². The lowest BCUT2D eigenvalue weighted by atomic mass is 10.0. The fourth-order valence-electron chi connectivity index (χ4n) is 4.06. The Morgan fingerprint density at radius 2 is 1.63 bits per heavy atom. The van der Waals surface area contributed by atoms with E-state index in [1.54, 1.807) is 11.8 Å². The second-order valence-electron chi connectivity index (χ2n) is 8.48. The minimum atomic E-state index is -1.36. The number of carboxylic acids is 1. The third-order valence-electron chi connectivity index (χ3n) is 5.96. The lowest BCUT2D eigenvalue weighted by Crippen LogP contribution is -2.48. The summed E-state index contributed by atoms with van der Waals surface area (Å²) >= 11 is 0. The van der Waals surface area contributed by atoms with Crippen molar-refractivity contribution in [2.24, 2.45) is 0 Å². The van der Waals surface area contributed by atoms with Crippen LogP contribution in [0, 0.1) is 0 Å². The summed E-state index contributed by atoms with van der Waals surface area (Å²) in [5.41, 5.74) is 3.32. The highest BCUT2D eigenvalue weighted by molar-refractivity contribution is 5.87. The van der Waals surface area contributed by atoms with Crippen molar-refractivity contribution in [1.29, 1.82) is 0 Å². The van der Waals surface area contributed by atoms with Gasteiger partial charge in [-0.2, -0.15) is 0 Å². The number of amides is 2. The number of rotatable bonds is 10. The van der Waals surface area contributed by atoms with Crippen molar-refractivity contribution >= 4 is 17.8 Å². The molecule has 8 nitrogen and oxygen atoms in total. The zero-order valence-electron chi connectivity index (χ0n) is 20.1. The maximum atomic E-state index is 13.3. The molecule has 0 radical (unpaired) electrons. The molecule has 2 aromatic rings. The van der Waals surface area contributed by atoms with Crippen molar-refractivity contribution in [3.63, 3.8) is 0 Å². The second-order valence-corrected chi connectivity index (χ2v) is 8.48. The average Bonchev–Trinajstić information content (AvgIpc) is 2.90. The van der Waals surface area contributed by atoms with Crippen LogP contribution in [0.2, 0.25) is 0 Å². The number of aliphatic carboxylic acids is 1.